The van der Waals surface area contributed by atoms with Gasteiger partial charge in [0.05, 0.1) is 18.9 Å². The van der Waals surface area contributed by atoms with Crippen LogP contribution in [0.2, 0.25) is 0 Å². The van der Waals surface area contributed by atoms with Crippen LogP contribution in [-0.2, 0) is 16.1 Å². The monoisotopic (exact) mass is 236 g/mol. The number of hydrogen-bond donors (Lipinski definition) is 1. The maximum absolute atomic E-state index is 11.1. The van der Waals surface area contributed by atoms with Crippen molar-refractivity contribution < 1.29 is 14.6 Å². The standard InChI is InChI=1S/C12H16N2O3/c1-9-2-3-10(13-6-9)7-14-4-5-17-8-11(14)12(15)16/h2-3,6,11H,4-5,7-8H2,1H3,(H,15,16). The van der Waals surface area contributed by atoms with Gasteiger partial charge in [0.2, 0.25) is 0 Å². The van der Waals surface area contributed by atoms with E-state index in [0.29, 0.717) is 19.7 Å². The largest absolute Gasteiger partial charge is 0.480 e. The first-order valence-corrected chi connectivity index (χ1v) is 5.63. The summed E-state index contributed by atoms with van der Waals surface area (Å²) in [6.45, 7) is 4.00. The van der Waals surface area contributed by atoms with Crippen molar-refractivity contribution in [2.45, 2.75) is 19.5 Å². The number of rotatable bonds is 3. The van der Waals surface area contributed by atoms with Gasteiger partial charge in [-0.2, -0.15) is 0 Å². The van der Waals surface area contributed by atoms with Gasteiger partial charge in [0, 0.05) is 19.3 Å². The third-order valence-corrected chi connectivity index (χ3v) is 2.86. The van der Waals surface area contributed by atoms with Crippen LogP contribution in [0.5, 0.6) is 0 Å². The summed E-state index contributed by atoms with van der Waals surface area (Å²) < 4.78 is 5.19. The smallest absolute Gasteiger partial charge is 0.323 e. The van der Waals surface area contributed by atoms with E-state index in [2.05, 4.69) is 4.98 Å². The van der Waals surface area contributed by atoms with Gasteiger partial charge in [-0.1, -0.05) is 6.07 Å². The molecule has 1 fully saturated rings. The molecule has 1 aliphatic heterocycles. The summed E-state index contributed by atoms with van der Waals surface area (Å²) in [6, 6.07) is 3.36. The predicted molar refractivity (Wildman–Crippen MR) is 61.6 cm³/mol. The van der Waals surface area contributed by atoms with Gasteiger partial charge in [0.15, 0.2) is 0 Å². The Hall–Kier alpha value is -1.46. The van der Waals surface area contributed by atoms with Crippen molar-refractivity contribution in [1.82, 2.24) is 9.88 Å². The fraction of sp³-hybridized carbons (Fsp3) is 0.500. The quantitative estimate of drug-likeness (QED) is 0.836. The number of pyridine rings is 1. The highest BCUT2D eigenvalue weighted by molar-refractivity contribution is 5.73. The minimum absolute atomic E-state index is 0.251. The van der Waals surface area contributed by atoms with E-state index >= 15 is 0 Å². The SMILES string of the molecule is Cc1ccc(CN2CCOCC2C(=O)O)nc1. The molecular formula is C12H16N2O3. The fourth-order valence-corrected chi connectivity index (χ4v) is 1.85. The van der Waals surface area contributed by atoms with E-state index in [-0.39, 0.29) is 6.61 Å². The Kier molecular flexibility index (Phi) is 3.71. The summed E-state index contributed by atoms with van der Waals surface area (Å²) >= 11 is 0. The number of morpholine rings is 1. The van der Waals surface area contributed by atoms with Crippen LogP contribution in [0.4, 0.5) is 0 Å². The molecule has 2 heterocycles. The second kappa shape index (κ2) is 5.25. The lowest BCUT2D eigenvalue weighted by Gasteiger charge is -2.32. The van der Waals surface area contributed by atoms with Crippen LogP contribution in [-0.4, -0.2) is 46.8 Å². The van der Waals surface area contributed by atoms with Gasteiger partial charge in [0.1, 0.15) is 6.04 Å². The highest BCUT2D eigenvalue weighted by Crippen LogP contribution is 2.11. The predicted octanol–water partition coefficient (Wildman–Crippen LogP) is 0.675. The molecule has 17 heavy (non-hydrogen) atoms. The van der Waals surface area contributed by atoms with Gasteiger partial charge in [-0.15, -0.1) is 0 Å². The minimum Gasteiger partial charge on any atom is -0.480 e. The normalized spacial score (nSPS) is 21.4. The van der Waals surface area contributed by atoms with Crippen LogP contribution in [0.25, 0.3) is 0 Å². The molecule has 2 rings (SSSR count). The zero-order valence-electron chi connectivity index (χ0n) is 9.80. The first-order valence-electron chi connectivity index (χ1n) is 5.63. The molecule has 0 aliphatic carbocycles. The maximum atomic E-state index is 11.1. The van der Waals surface area contributed by atoms with Crippen LogP contribution in [0.1, 0.15) is 11.3 Å². The van der Waals surface area contributed by atoms with Crippen LogP contribution in [0.15, 0.2) is 18.3 Å². The van der Waals surface area contributed by atoms with E-state index < -0.39 is 12.0 Å². The number of hydrogen-bond acceptors (Lipinski definition) is 4. The molecule has 0 spiro atoms. The molecule has 1 N–H and O–H groups in total. The Morgan fingerprint density at radius 2 is 2.47 bits per heavy atom. The first kappa shape index (κ1) is 12.0. The molecule has 1 atom stereocenters. The van der Waals surface area contributed by atoms with Gasteiger partial charge in [0.25, 0.3) is 0 Å². The Morgan fingerprint density at radius 1 is 1.65 bits per heavy atom. The highest BCUT2D eigenvalue weighted by Gasteiger charge is 2.29. The molecule has 5 heteroatoms. The van der Waals surface area contributed by atoms with Gasteiger partial charge >= 0.3 is 5.97 Å². The summed E-state index contributed by atoms with van der Waals surface area (Å²) in [6.07, 6.45) is 1.80. The van der Waals surface area contributed by atoms with Gasteiger partial charge in [-0.3, -0.25) is 14.7 Å². The average molecular weight is 236 g/mol. The van der Waals surface area contributed by atoms with Gasteiger partial charge < -0.3 is 9.84 Å². The van der Waals surface area contributed by atoms with E-state index in [1.807, 2.05) is 24.0 Å². The molecule has 0 bridgehead atoms. The van der Waals surface area contributed by atoms with Crippen molar-refractivity contribution in [3.63, 3.8) is 0 Å². The van der Waals surface area contributed by atoms with E-state index in [1.165, 1.54) is 0 Å². The molecule has 0 aromatic carbocycles. The molecule has 1 aromatic heterocycles. The van der Waals surface area contributed by atoms with Gasteiger partial charge in [-0.05, 0) is 18.6 Å². The van der Waals surface area contributed by atoms with Crippen LogP contribution in [0, 0.1) is 6.92 Å². The first-order chi connectivity index (χ1) is 8.16. The molecule has 0 saturated carbocycles. The number of ether oxygens (including phenoxy) is 1. The van der Waals surface area contributed by atoms with Crippen molar-refractivity contribution >= 4 is 5.97 Å². The van der Waals surface area contributed by atoms with Crippen LogP contribution in [0.3, 0.4) is 0 Å². The summed E-state index contributed by atoms with van der Waals surface area (Å²) in [7, 11) is 0. The van der Waals surface area contributed by atoms with E-state index in [0.717, 1.165) is 11.3 Å². The second-order valence-corrected chi connectivity index (χ2v) is 4.23. The molecule has 1 aromatic rings. The third kappa shape index (κ3) is 3.01. The highest BCUT2D eigenvalue weighted by atomic mass is 16.5. The topological polar surface area (TPSA) is 62.7 Å². The lowest BCUT2D eigenvalue weighted by Crippen LogP contribution is -2.49. The maximum Gasteiger partial charge on any atom is 0.323 e. The van der Waals surface area contributed by atoms with E-state index in [1.54, 1.807) is 6.20 Å². The Bertz CT molecular complexity index is 391. The van der Waals surface area contributed by atoms with Crippen molar-refractivity contribution in [2.24, 2.45) is 0 Å². The van der Waals surface area contributed by atoms with E-state index in [4.69, 9.17) is 9.84 Å². The zero-order chi connectivity index (χ0) is 12.3. The van der Waals surface area contributed by atoms with Crippen molar-refractivity contribution in [1.29, 1.82) is 0 Å². The van der Waals surface area contributed by atoms with Crippen LogP contribution < -0.4 is 0 Å². The number of aryl methyl sites for hydroxylation is 1. The lowest BCUT2D eigenvalue weighted by atomic mass is 10.2. The minimum atomic E-state index is -0.836. The summed E-state index contributed by atoms with van der Waals surface area (Å²) in [5, 5.41) is 9.09. The number of carboxylic acid groups (broad SMARTS) is 1. The lowest BCUT2D eigenvalue weighted by molar-refractivity contribution is -0.150. The van der Waals surface area contributed by atoms with Crippen molar-refractivity contribution in [3.8, 4) is 0 Å². The second-order valence-electron chi connectivity index (χ2n) is 4.23. The molecule has 1 aliphatic rings. The fourth-order valence-electron chi connectivity index (χ4n) is 1.85. The summed E-state index contributed by atoms with van der Waals surface area (Å²) in [5.74, 6) is -0.836. The Balaban J connectivity index is 2.05. The Morgan fingerprint density at radius 3 is 3.12 bits per heavy atom. The summed E-state index contributed by atoms with van der Waals surface area (Å²) in [4.78, 5) is 17.3. The molecular weight excluding hydrogens is 220 g/mol. The third-order valence-electron chi connectivity index (χ3n) is 2.86. The zero-order valence-corrected chi connectivity index (χ0v) is 9.80. The van der Waals surface area contributed by atoms with Crippen molar-refractivity contribution in [3.05, 3.63) is 29.6 Å². The average Bonchev–Trinajstić information content (AvgIpc) is 2.32. The number of aliphatic carboxylic acids is 1. The molecule has 5 nitrogen and oxygen atoms in total. The van der Waals surface area contributed by atoms with Gasteiger partial charge in [-0.25, -0.2) is 0 Å². The molecule has 1 saturated heterocycles. The molecule has 0 amide bonds. The number of nitrogens with zero attached hydrogens (tertiary/aromatic N) is 2. The molecule has 1 unspecified atom stereocenters. The van der Waals surface area contributed by atoms with E-state index in [9.17, 15) is 4.79 Å². The van der Waals surface area contributed by atoms with Crippen molar-refractivity contribution in [2.75, 3.05) is 19.8 Å². The number of carbonyl (C=O) groups is 1. The molecule has 92 valence electrons. The Labute approximate surface area is 100 Å². The van der Waals surface area contributed by atoms with Crippen LogP contribution >= 0.6 is 0 Å². The number of aromatic nitrogens is 1. The number of carboxylic acids is 1. The molecule has 0 radical (unpaired) electrons. The summed E-state index contributed by atoms with van der Waals surface area (Å²) in [5.41, 5.74) is 1.99.